The summed E-state index contributed by atoms with van der Waals surface area (Å²) < 4.78 is 6.88. The Morgan fingerprint density at radius 1 is 1.29 bits per heavy atom. The predicted molar refractivity (Wildman–Crippen MR) is 129 cm³/mol. The second-order valence-electron chi connectivity index (χ2n) is 8.72. The van der Waals surface area contributed by atoms with E-state index >= 15 is 0 Å². The number of carbonyl (C=O) groups is 2. The van der Waals surface area contributed by atoms with Gasteiger partial charge in [-0.2, -0.15) is 10.4 Å². The summed E-state index contributed by atoms with van der Waals surface area (Å²) in [6.07, 6.45) is 6.11. The summed E-state index contributed by atoms with van der Waals surface area (Å²) in [6, 6.07) is 7.83. The van der Waals surface area contributed by atoms with Gasteiger partial charge in [0.2, 0.25) is 5.91 Å². The molecule has 1 aromatic carbocycles. The molecule has 0 radical (unpaired) electrons. The number of nitrogens with zero attached hydrogens (tertiary/aromatic N) is 5. The molecule has 180 valence electrons. The molecule has 1 N–H and O–H groups in total. The molecule has 0 aliphatic carbocycles. The minimum atomic E-state index is -0.254. The molecule has 2 aromatic heterocycles. The third-order valence-electron chi connectivity index (χ3n) is 6.27. The number of amides is 1. The fourth-order valence-electron chi connectivity index (χ4n) is 4.22. The Bertz CT molecular complexity index is 1310. The molecule has 0 bridgehead atoms. The SMILES string of the molecule is CC(=O)NCCN(CCc1ccc2c(c1C)COC2=O)Cc1cnn(-c2cc(C)c(C#N)cn2)c1. The van der Waals surface area contributed by atoms with Gasteiger partial charge in [0.15, 0.2) is 5.82 Å². The highest BCUT2D eigenvalue weighted by Crippen LogP contribution is 2.26. The predicted octanol–water partition coefficient (Wildman–Crippen LogP) is 2.61. The van der Waals surface area contributed by atoms with Crippen LogP contribution >= 0.6 is 0 Å². The molecule has 9 nitrogen and oxygen atoms in total. The zero-order valence-electron chi connectivity index (χ0n) is 20.2. The molecule has 0 unspecified atom stereocenters. The van der Waals surface area contributed by atoms with Gasteiger partial charge in [-0.3, -0.25) is 9.69 Å². The van der Waals surface area contributed by atoms with Gasteiger partial charge in [0.1, 0.15) is 12.7 Å². The average molecular weight is 473 g/mol. The van der Waals surface area contributed by atoms with Crippen LogP contribution in [0, 0.1) is 25.2 Å². The Kier molecular flexibility index (Phi) is 7.22. The van der Waals surface area contributed by atoms with Crippen molar-refractivity contribution < 1.29 is 14.3 Å². The number of aryl methyl sites for hydroxylation is 1. The Morgan fingerprint density at radius 3 is 2.86 bits per heavy atom. The van der Waals surface area contributed by atoms with Crippen LogP contribution < -0.4 is 5.32 Å². The number of benzene rings is 1. The molecule has 1 amide bonds. The van der Waals surface area contributed by atoms with Gasteiger partial charge in [-0.1, -0.05) is 6.07 Å². The van der Waals surface area contributed by atoms with Crippen LogP contribution in [0.1, 0.15) is 50.7 Å². The third kappa shape index (κ3) is 5.55. The first-order valence-corrected chi connectivity index (χ1v) is 11.5. The molecule has 0 saturated heterocycles. The lowest BCUT2D eigenvalue weighted by molar-refractivity contribution is -0.119. The van der Waals surface area contributed by atoms with E-state index in [0.717, 1.165) is 35.2 Å². The van der Waals surface area contributed by atoms with E-state index < -0.39 is 0 Å². The number of fused-ring (bicyclic) bond motifs is 1. The first-order valence-electron chi connectivity index (χ1n) is 11.5. The fourth-order valence-corrected chi connectivity index (χ4v) is 4.22. The first-order chi connectivity index (χ1) is 16.9. The Hall–Kier alpha value is -4.03. The van der Waals surface area contributed by atoms with E-state index in [9.17, 15) is 9.59 Å². The molecular weight excluding hydrogens is 444 g/mol. The summed E-state index contributed by atoms with van der Waals surface area (Å²) in [5.74, 6) is 0.345. The average Bonchev–Trinajstić information content (AvgIpc) is 3.45. The lowest BCUT2D eigenvalue weighted by Crippen LogP contribution is -2.35. The lowest BCUT2D eigenvalue weighted by Gasteiger charge is -2.22. The van der Waals surface area contributed by atoms with Crippen LogP contribution in [0.5, 0.6) is 0 Å². The maximum atomic E-state index is 11.8. The number of nitrogens with one attached hydrogen (secondary N) is 1. The number of pyridine rings is 1. The normalized spacial score (nSPS) is 12.4. The van der Waals surface area contributed by atoms with Crippen LogP contribution in [0.15, 0.2) is 36.8 Å². The quantitative estimate of drug-likeness (QED) is 0.476. The molecule has 1 aliphatic heterocycles. The topological polar surface area (TPSA) is 113 Å². The Balaban J connectivity index is 1.47. The Labute approximate surface area is 204 Å². The van der Waals surface area contributed by atoms with Gasteiger partial charge >= 0.3 is 5.97 Å². The van der Waals surface area contributed by atoms with E-state index in [0.29, 0.717) is 43.2 Å². The van der Waals surface area contributed by atoms with E-state index in [2.05, 4.69) is 26.4 Å². The van der Waals surface area contributed by atoms with Crippen LogP contribution in [0.2, 0.25) is 0 Å². The van der Waals surface area contributed by atoms with E-state index in [-0.39, 0.29) is 11.9 Å². The largest absolute Gasteiger partial charge is 0.457 e. The van der Waals surface area contributed by atoms with Crippen molar-refractivity contribution in [1.82, 2.24) is 25.0 Å². The van der Waals surface area contributed by atoms with Crippen LogP contribution in [0.4, 0.5) is 0 Å². The van der Waals surface area contributed by atoms with Crippen molar-refractivity contribution in [2.45, 2.75) is 40.3 Å². The summed E-state index contributed by atoms with van der Waals surface area (Å²) in [5, 5.41) is 16.4. The zero-order chi connectivity index (χ0) is 24.9. The van der Waals surface area contributed by atoms with Crippen LogP contribution in [-0.2, 0) is 29.1 Å². The molecule has 35 heavy (non-hydrogen) atoms. The van der Waals surface area contributed by atoms with E-state index in [1.165, 1.54) is 12.5 Å². The summed E-state index contributed by atoms with van der Waals surface area (Å²) in [5.41, 5.74) is 6.33. The number of nitriles is 1. The molecule has 3 heterocycles. The molecular formula is C26H28N6O3. The monoisotopic (exact) mass is 472 g/mol. The molecule has 9 heteroatoms. The maximum absolute atomic E-state index is 11.8. The van der Waals surface area contributed by atoms with E-state index in [1.807, 2.05) is 44.4 Å². The highest BCUT2D eigenvalue weighted by atomic mass is 16.5. The second-order valence-corrected chi connectivity index (χ2v) is 8.72. The van der Waals surface area contributed by atoms with Crippen molar-refractivity contribution in [2.75, 3.05) is 19.6 Å². The van der Waals surface area contributed by atoms with Gasteiger partial charge in [0.25, 0.3) is 0 Å². The van der Waals surface area contributed by atoms with Crippen molar-refractivity contribution in [3.63, 3.8) is 0 Å². The van der Waals surface area contributed by atoms with Crippen molar-refractivity contribution in [3.05, 3.63) is 75.7 Å². The van der Waals surface area contributed by atoms with E-state index in [1.54, 1.807) is 10.9 Å². The number of cyclic esters (lactones) is 1. The minimum absolute atomic E-state index is 0.0563. The van der Waals surface area contributed by atoms with Gasteiger partial charge in [0, 0.05) is 56.6 Å². The third-order valence-corrected chi connectivity index (χ3v) is 6.27. The molecule has 1 aliphatic rings. The highest BCUT2D eigenvalue weighted by Gasteiger charge is 2.24. The fraction of sp³-hybridized carbons (Fsp3) is 0.346. The highest BCUT2D eigenvalue weighted by molar-refractivity contribution is 5.93. The van der Waals surface area contributed by atoms with Gasteiger partial charge < -0.3 is 10.1 Å². The van der Waals surface area contributed by atoms with Gasteiger partial charge in [-0.15, -0.1) is 0 Å². The van der Waals surface area contributed by atoms with Crippen molar-refractivity contribution in [2.24, 2.45) is 0 Å². The summed E-state index contributed by atoms with van der Waals surface area (Å²) in [6.45, 7) is 8.42. The first kappa shape index (κ1) is 24.1. The van der Waals surface area contributed by atoms with Crippen LogP contribution in [0.25, 0.3) is 5.82 Å². The smallest absolute Gasteiger partial charge is 0.338 e. The number of ether oxygens (including phenoxy) is 1. The minimum Gasteiger partial charge on any atom is -0.457 e. The van der Waals surface area contributed by atoms with E-state index in [4.69, 9.17) is 10.00 Å². The molecule has 0 atom stereocenters. The van der Waals surface area contributed by atoms with Crippen molar-refractivity contribution >= 4 is 11.9 Å². The van der Waals surface area contributed by atoms with Crippen molar-refractivity contribution in [3.8, 4) is 11.9 Å². The van der Waals surface area contributed by atoms with Gasteiger partial charge in [0.05, 0.1) is 17.3 Å². The van der Waals surface area contributed by atoms with Crippen LogP contribution in [-0.4, -0.2) is 51.2 Å². The van der Waals surface area contributed by atoms with Gasteiger partial charge in [-0.05, 0) is 49.1 Å². The number of aromatic nitrogens is 3. The summed E-state index contributed by atoms with van der Waals surface area (Å²) in [4.78, 5) is 29.8. The molecule has 0 spiro atoms. The standard InChI is InChI=1S/C26H28N6O3/c1-17-10-25(29-13-22(17)11-27)32-15-20(12-30-32)14-31(9-7-28-19(3)33)8-6-21-4-5-23-24(18(21)2)16-35-26(23)34/h4-5,10,12-13,15H,6-9,14,16H2,1-3H3,(H,28,33). The number of esters is 1. The number of carbonyl (C=O) groups excluding carboxylic acids is 2. The van der Waals surface area contributed by atoms with Gasteiger partial charge in [-0.25, -0.2) is 14.5 Å². The lowest BCUT2D eigenvalue weighted by atomic mass is 9.96. The summed E-state index contributed by atoms with van der Waals surface area (Å²) in [7, 11) is 0. The van der Waals surface area contributed by atoms with Crippen molar-refractivity contribution in [1.29, 1.82) is 5.26 Å². The number of rotatable bonds is 9. The number of hydrogen-bond acceptors (Lipinski definition) is 7. The van der Waals surface area contributed by atoms with Crippen LogP contribution in [0.3, 0.4) is 0 Å². The maximum Gasteiger partial charge on any atom is 0.338 e. The molecule has 3 aromatic rings. The molecule has 4 rings (SSSR count). The molecule has 0 saturated carbocycles. The number of hydrogen-bond donors (Lipinski definition) is 1. The second kappa shape index (κ2) is 10.5. The Morgan fingerprint density at radius 2 is 2.11 bits per heavy atom. The summed E-state index contributed by atoms with van der Waals surface area (Å²) >= 11 is 0. The zero-order valence-corrected chi connectivity index (χ0v) is 20.2. The molecule has 0 fully saturated rings.